The maximum Gasteiger partial charge on any atom is 0.267 e. The number of benzene rings is 2. The number of pyridine rings is 1. The van der Waals surface area contributed by atoms with Gasteiger partial charge in [-0.3, -0.25) is 15.2 Å². The molecule has 3 aromatic rings. The second-order valence-corrected chi connectivity index (χ2v) is 8.34. The lowest BCUT2D eigenvalue weighted by Crippen LogP contribution is -2.58. The Hall–Kier alpha value is -3.38. The Kier molecular flexibility index (Phi) is 5.89. The Morgan fingerprint density at radius 2 is 1.66 bits per heavy atom. The minimum atomic E-state index is -0.804. The lowest BCUT2D eigenvalue weighted by atomic mass is 9.75. The lowest BCUT2D eigenvalue weighted by molar-refractivity contribution is 0.0894. The second kappa shape index (κ2) is 8.63. The van der Waals surface area contributed by atoms with Crippen molar-refractivity contribution in [1.82, 2.24) is 15.8 Å². The van der Waals surface area contributed by atoms with Gasteiger partial charge in [0.2, 0.25) is 0 Å². The fourth-order valence-electron chi connectivity index (χ4n) is 4.59. The molecule has 0 aliphatic carbocycles. The smallest absolute Gasteiger partial charge is 0.267 e. The van der Waals surface area contributed by atoms with E-state index in [4.69, 9.17) is 4.98 Å². The zero-order valence-electron chi connectivity index (χ0n) is 19.4. The van der Waals surface area contributed by atoms with E-state index in [0.29, 0.717) is 11.3 Å². The van der Waals surface area contributed by atoms with Crippen molar-refractivity contribution in [2.24, 2.45) is 0 Å². The Labute approximate surface area is 190 Å². The molecule has 1 aliphatic heterocycles. The Morgan fingerprint density at radius 1 is 0.969 bits per heavy atom. The Bertz CT molecular complexity index is 1120. The molecule has 1 amide bonds. The van der Waals surface area contributed by atoms with Crippen molar-refractivity contribution in [3.05, 3.63) is 88.7 Å². The molecular weight excluding hydrogens is 398 g/mol. The van der Waals surface area contributed by atoms with E-state index in [1.807, 2.05) is 20.2 Å². The summed E-state index contributed by atoms with van der Waals surface area (Å²) < 4.78 is 0. The molecule has 0 bridgehead atoms. The first-order valence-corrected chi connectivity index (χ1v) is 11.1. The largest absolute Gasteiger partial charge is 0.378 e. The highest BCUT2D eigenvalue weighted by Crippen LogP contribution is 2.41. The number of hydrogen-bond donors (Lipinski definition) is 2. The third kappa shape index (κ3) is 3.50. The quantitative estimate of drug-likeness (QED) is 0.623. The molecule has 6 nitrogen and oxygen atoms in total. The third-order valence-electron chi connectivity index (χ3n) is 6.33. The number of fused-ring (bicyclic) bond motifs is 1. The van der Waals surface area contributed by atoms with Crippen LogP contribution in [-0.4, -0.2) is 38.1 Å². The summed E-state index contributed by atoms with van der Waals surface area (Å²) in [7, 11) is 4.05. The number of aryl methyl sites for hydroxylation is 1. The van der Waals surface area contributed by atoms with Crippen molar-refractivity contribution in [3.63, 3.8) is 0 Å². The molecule has 0 saturated carbocycles. The number of hydrazine groups is 1. The molecule has 0 fully saturated rings. The normalized spacial score (nSPS) is 17.5. The summed E-state index contributed by atoms with van der Waals surface area (Å²) in [6, 6.07) is 18.6. The summed E-state index contributed by atoms with van der Waals surface area (Å²) >= 11 is 0. The molecule has 1 atom stereocenters. The predicted octanol–water partition coefficient (Wildman–Crippen LogP) is 3.84. The van der Waals surface area contributed by atoms with Gasteiger partial charge in [-0.25, -0.2) is 5.43 Å². The minimum Gasteiger partial charge on any atom is -0.378 e. The van der Waals surface area contributed by atoms with E-state index in [0.717, 1.165) is 35.5 Å². The van der Waals surface area contributed by atoms with E-state index in [9.17, 15) is 4.79 Å². The standard InChI is InChI=1S/C26H31N5O/c1-6-31(7-2)21-14-15-23(18(3)17-21)26(19-10-12-20(13-11-19)30(4)5)24-22(9-8-16-27-24)25(32)28-29-26/h8-17,29H,6-7H2,1-5H3,(H,28,32). The number of aromatic nitrogens is 1. The molecule has 32 heavy (non-hydrogen) atoms. The summed E-state index contributed by atoms with van der Waals surface area (Å²) in [4.78, 5) is 21.8. The third-order valence-corrected chi connectivity index (χ3v) is 6.33. The van der Waals surface area contributed by atoms with Crippen LogP contribution in [0.3, 0.4) is 0 Å². The summed E-state index contributed by atoms with van der Waals surface area (Å²) in [6.45, 7) is 8.35. The van der Waals surface area contributed by atoms with Crippen molar-refractivity contribution in [1.29, 1.82) is 0 Å². The number of nitrogens with one attached hydrogen (secondary N) is 2. The van der Waals surface area contributed by atoms with Crippen LogP contribution in [0.4, 0.5) is 11.4 Å². The van der Waals surface area contributed by atoms with Gasteiger partial charge in [-0.05, 0) is 73.9 Å². The van der Waals surface area contributed by atoms with Gasteiger partial charge >= 0.3 is 0 Å². The highest BCUT2D eigenvalue weighted by atomic mass is 16.2. The first kappa shape index (κ1) is 21.8. The fraction of sp³-hybridized carbons (Fsp3) is 0.308. The molecule has 1 aromatic heterocycles. The molecule has 0 radical (unpaired) electrons. The lowest BCUT2D eigenvalue weighted by Gasteiger charge is -2.41. The first-order chi connectivity index (χ1) is 15.4. The molecule has 4 rings (SSSR count). The van der Waals surface area contributed by atoms with Gasteiger partial charge in [0.25, 0.3) is 5.91 Å². The van der Waals surface area contributed by atoms with E-state index in [2.05, 4.69) is 83.9 Å². The molecular formula is C26H31N5O. The topological polar surface area (TPSA) is 60.5 Å². The number of amides is 1. The molecule has 1 unspecified atom stereocenters. The Morgan fingerprint density at radius 3 is 2.28 bits per heavy atom. The van der Waals surface area contributed by atoms with Gasteiger partial charge in [0.05, 0.1) is 11.3 Å². The molecule has 2 N–H and O–H groups in total. The van der Waals surface area contributed by atoms with E-state index in [1.165, 1.54) is 5.69 Å². The molecule has 0 saturated heterocycles. The zero-order valence-corrected chi connectivity index (χ0v) is 19.4. The monoisotopic (exact) mass is 429 g/mol. The van der Waals surface area contributed by atoms with Crippen LogP contribution in [0.2, 0.25) is 0 Å². The van der Waals surface area contributed by atoms with Gasteiger partial charge in [0.15, 0.2) is 0 Å². The van der Waals surface area contributed by atoms with Gasteiger partial charge in [-0.2, -0.15) is 0 Å². The van der Waals surface area contributed by atoms with Crippen molar-refractivity contribution in [2.45, 2.75) is 26.3 Å². The van der Waals surface area contributed by atoms with Crippen LogP contribution in [0, 0.1) is 6.92 Å². The fourth-order valence-corrected chi connectivity index (χ4v) is 4.59. The van der Waals surface area contributed by atoms with Crippen molar-refractivity contribution in [2.75, 3.05) is 37.0 Å². The summed E-state index contributed by atoms with van der Waals surface area (Å²) in [6.07, 6.45) is 1.75. The minimum absolute atomic E-state index is 0.175. The van der Waals surface area contributed by atoms with E-state index in [1.54, 1.807) is 12.3 Å². The predicted molar refractivity (Wildman–Crippen MR) is 130 cm³/mol. The Balaban J connectivity index is 1.96. The van der Waals surface area contributed by atoms with Crippen LogP contribution in [0.1, 0.15) is 46.6 Å². The average molecular weight is 430 g/mol. The van der Waals surface area contributed by atoms with Crippen LogP contribution in [0.5, 0.6) is 0 Å². The van der Waals surface area contributed by atoms with Crippen molar-refractivity contribution >= 4 is 17.3 Å². The van der Waals surface area contributed by atoms with E-state index < -0.39 is 5.54 Å². The van der Waals surface area contributed by atoms with Gasteiger partial charge in [-0.15, -0.1) is 0 Å². The van der Waals surface area contributed by atoms with Gasteiger partial charge in [0, 0.05) is 44.8 Å². The summed E-state index contributed by atoms with van der Waals surface area (Å²) in [5, 5.41) is 0. The van der Waals surface area contributed by atoms with Crippen LogP contribution < -0.4 is 20.7 Å². The van der Waals surface area contributed by atoms with Crippen LogP contribution >= 0.6 is 0 Å². The number of carbonyl (C=O) groups is 1. The van der Waals surface area contributed by atoms with E-state index >= 15 is 0 Å². The summed E-state index contributed by atoms with van der Waals surface area (Å²) in [5.41, 5.74) is 12.2. The molecule has 6 heteroatoms. The SMILES string of the molecule is CCN(CC)c1ccc(C2(c3ccc(N(C)C)cc3)NNC(=O)c3cccnc32)c(C)c1. The molecule has 1 aliphatic rings. The van der Waals surface area contributed by atoms with Crippen LogP contribution in [0.25, 0.3) is 0 Å². The average Bonchev–Trinajstić information content (AvgIpc) is 2.81. The van der Waals surface area contributed by atoms with Gasteiger partial charge in [-0.1, -0.05) is 18.2 Å². The van der Waals surface area contributed by atoms with Crippen molar-refractivity contribution in [3.8, 4) is 0 Å². The molecule has 0 spiro atoms. The molecule has 2 aromatic carbocycles. The van der Waals surface area contributed by atoms with Crippen molar-refractivity contribution < 1.29 is 4.79 Å². The molecule has 2 heterocycles. The van der Waals surface area contributed by atoms with Crippen LogP contribution in [0.15, 0.2) is 60.8 Å². The number of carbonyl (C=O) groups excluding carboxylic acids is 1. The van der Waals surface area contributed by atoms with E-state index in [-0.39, 0.29) is 5.91 Å². The zero-order chi connectivity index (χ0) is 22.9. The van der Waals surface area contributed by atoms with Gasteiger partial charge in [0.1, 0.15) is 5.54 Å². The second-order valence-electron chi connectivity index (χ2n) is 8.34. The highest BCUT2D eigenvalue weighted by Gasteiger charge is 2.44. The van der Waals surface area contributed by atoms with Gasteiger partial charge < -0.3 is 9.80 Å². The number of rotatable bonds is 6. The maximum absolute atomic E-state index is 12.7. The maximum atomic E-state index is 12.7. The number of hydrogen-bond acceptors (Lipinski definition) is 5. The number of anilines is 2. The van der Waals surface area contributed by atoms with Crippen LogP contribution in [-0.2, 0) is 5.54 Å². The molecule has 166 valence electrons. The highest BCUT2D eigenvalue weighted by molar-refractivity contribution is 5.97. The first-order valence-electron chi connectivity index (χ1n) is 11.1. The summed E-state index contributed by atoms with van der Waals surface area (Å²) in [5.74, 6) is -0.175. The number of nitrogens with zero attached hydrogens (tertiary/aromatic N) is 3.